The Morgan fingerprint density at radius 2 is 2.15 bits per heavy atom. The number of hydrogen-bond acceptors (Lipinski definition) is 3. The molecule has 0 fully saturated rings. The van der Waals surface area contributed by atoms with Crippen LogP contribution in [0.15, 0.2) is 22.7 Å². The van der Waals surface area contributed by atoms with E-state index in [1.165, 1.54) is 12.1 Å². The first-order valence-corrected chi connectivity index (χ1v) is 6.82. The van der Waals surface area contributed by atoms with Gasteiger partial charge in [-0.2, -0.15) is 5.10 Å². The highest BCUT2D eigenvalue weighted by molar-refractivity contribution is 9.10. The first-order valence-electron chi connectivity index (χ1n) is 6.03. The van der Waals surface area contributed by atoms with Crippen LogP contribution in [0.25, 0.3) is 0 Å². The minimum atomic E-state index is -0.613. The van der Waals surface area contributed by atoms with Crippen LogP contribution in [0.2, 0.25) is 0 Å². The van der Waals surface area contributed by atoms with E-state index in [1.807, 2.05) is 13.0 Å². The molecule has 1 unspecified atom stereocenters. The second-order valence-electron chi connectivity index (χ2n) is 4.58. The van der Waals surface area contributed by atoms with Crippen molar-refractivity contribution in [3.05, 3.63) is 51.3 Å². The smallest absolute Gasteiger partial charge is 0.143 e. The van der Waals surface area contributed by atoms with Crippen LogP contribution >= 0.6 is 15.9 Å². The van der Waals surface area contributed by atoms with E-state index in [1.54, 1.807) is 11.7 Å². The second-order valence-corrected chi connectivity index (χ2v) is 5.43. The van der Waals surface area contributed by atoms with E-state index in [0.29, 0.717) is 5.69 Å². The molecule has 4 nitrogen and oxygen atoms in total. The van der Waals surface area contributed by atoms with Gasteiger partial charge in [0.15, 0.2) is 0 Å². The van der Waals surface area contributed by atoms with Gasteiger partial charge in [-0.1, -0.05) is 0 Å². The largest absolute Gasteiger partial charge is 0.273 e. The second kappa shape index (κ2) is 5.99. The molecule has 0 aliphatic carbocycles. The molecular weight excluding hydrogens is 330 g/mol. The number of rotatable bonds is 4. The summed E-state index contributed by atoms with van der Waals surface area (Å²) in [5.74, 6) is 4.28. The van der Waals surface area contributed by atoms with Crippen LogP contribution in [0.1, 0.15) is 23.0 Å². The normalized spacial score (nSPS) is 12.7. The Bertz CT molecular complexity index is 608. The topological polar surface area (TPSA) is 55.9 Å². The van der Waals surface area contributed by atoms with Gasteiger partial charge in [0.2, 0.25) is 0 Å². The lowest BCUT2D eigenvalue weighted by molar-refractivity contribution is 0.487. The van der Waals surface area contributed by atoms with E-state index in [-0.39, 0.29) is 16.5 Å². The number of hydrogen-bond donors (Lipinski definition) is 2. The molecule has 20 heavy (non-hydrogen) atoms. The van der Waals surface area contributed by atoms with Crippen molar-refractivity contribution in [3.63, 3.8) is 0 Å². The number of aromatic nitrogens is 2. The summed E-state index contributed by atoms with van der Waals surface area (Å²) in [6, 6.07) is 3.93. The molecule has 0 spiro atoms. The number of nitrogens with two attached hydrogens (primary N) is 1. The zero-order valence-electron chi connectivity index (χ0n) is 11.1. The molecule has 3 N–H and O–H groups in total. The van der Waals surface area contributed by atoms with E-state index in [4.69, 9.17) is 5.84 Å². The van der Waals surface area contributed by atoms with Crippen molar-refractivity contribution in [1.82, 2.24) is 15.2 Å². The van der Waals surface area contributed by atoms with E-state index < -0.39 is 17.7 Å². The fourth-order valence-electron chi connectivity index (χ4n) is 1.97. The monoisotopic (exact) mass is 344 g/mol. The molecule has 108 valence electrons. The molecule has 7 heteroatoms. The van der Waals surface area contributed by atoms with Crippen LogP contribution in [-0.2, 0) is 13.5 Å². The van der Waals surface area contributed by atoms with E-state index in [2.05, 4.69) is 26.5 Å². The standard InChI is InChI=1S/C13H15BrF2N4/c1-7-5-12(19-20(7)2)11(18-17)6-8-10(15)4-3-9(14)13(8)16/h3-5,11,18H,6,17H2,1-2H3. The molecule has 0 amide bonds. The summed E-state index contributed by atoms with van der Waals surface area (Å²) in [5.41, 5.74) is 4.12. The maximum absolute atomic E-state index is 14.0. The van der Waals surface area contributed by atoms with Crippen molar-refractivity contribution in [2.24, 2.45) is 12.9 Å². The van der Waals surface area contributed by atoms with Crippen molar-refractivity contribution in [2.75, 3.05) is 0 Å². The summed E-state index contributed by atoms with van der Waals surface area (Å²) in [6.45, 7) is 1.89. The van der Waals surface area contributed by atoms with Crippen LogP contribution in [-0.4, -0.2) is 9.78 Å². The van der Waals surface area contributed by atoms with Gasteiger partial charge in [0.25, 0.3) is 0 Å². The molecule has 1 atom stereocenters. The lowest BCUT2D eigenvalue weighted by Crippen LogP contribution is -2.30. The highest BCUT2D eigenvalue weighted by Gasteiger charge is 2.20. The van der Waals surface area contributed by atoms with Crippen molar-refractivity contribution in [2.45, 2.75) is 19.4 Å². The number of nitrogens with one attached hydrogen (secondary N) is 1. The summed E-state index contributed by atoms with van der Waals surface area (Å²) in [5, 5.41) is 4.28. The lowest BCUT2D eigenvalue weighted by atomic mass is 10.0. The molecule has 2 aromatic rings. The van der Waals surface area contributed by atoms with Crippen LogP contribution in [0.4, 0.5) is 8.78 Å². The number of aryl methyl sites for hydroxylation is 2. The van der Waals surface area contributed by atoms with Gasteiger partial charge in [-0.15, -0.1) is 0 Å². The maximum atomic E-state index is 14.0. The SMILES string of the molecule is Cc1cc(C(Cc2c(F)ccc(Br)c2F)NN)nn1C. The quantitative estimate of drug-likeness (QED) is 0.509. The molecule has 1 heterocycles. The zero-order valence-corrected chi connectivity index (χ0v) is 12.7. The third kappa shape index (κ3) is 2.89. The lowest BCUT2D eigenvalue weighted by Gasteiger charge is -2.15. The van der Waals surface area contributed by atoms with Crippen molar-refractivity contribution in [3.8, 4) is 0 Å². The zero-order chi connectivity index (χ0) is 14.9. The van der Waals surface area contributed by atoms with Crippen molar-refractivity contribution < 1.29 is 8.78 Å². The van der Waals surface area contributed by atoms with Gasteiger partial charge >= 0.3 is 0 Å². The summed E-state index contributed by atoms with van der Waals surface area (Å²) in [6.07, 6.45) is 0.0735. The number of halogens is 3. The van der Waals surface area contributed by atoms with E-state index >= 15 is 0 Å². The van der Waals surface area contributed by atoms with Gasteiger partial charge in [0.1, 0.15) is 11.6 Å². The van der Waals surface area contributed by atoms with Gasteiger partial charge in [-0.3, -0.25) is 16.0 Å². The maximum Gasteiger partial charge on any atom is 0.143 e. The van der Waals surface area contributed by atoms with Crippen LogP contribution in [0.3, 0.4) is 0 Å². The molecule has 0 saturated heterocycles. The summed E-state index contributed by atoms with van der Waals surface area (Å²) in [4.78, 5) is 0. The molecule has 2 rings (SSSR count). The van der Waals surface area contributed by atoms with Gasteiger partial charge in [0.05, 0.1) is 16.2 Å². The molecule has 0 bridgehead atoms. The van der Waals surface area contributed by atoms with Gasteiger partial charge in [-0.05, 0) is 41.1 Å². The first-order chi connectivity index (χ1) is 9.43. The van der Waals surface area contributed by atoms with Crippen LogP contribution in [0, 0.1) is 18.6 Å². The summed E-state index contributed by atoms with van der Waals surface area (Å²) < 4.78 is 29.7. The Hall–Kier alpha value is -1.31. The third-order valence-corrected chi connectivity index (χ3v) is 3.85. The molecule has 0 saturated carbocycles. The Morgan fingerprint density at radius 3 is 2.70 bits per heavy atom. The fraction of sp³-hybridized carbons (Fsp3) is 0.308. The predicted octanol–water partition coefficient (Wildman–Crippen LogP) is 2.52. The van der Waals surface area contributed by atoms with E-state index in [9.17, 15) is 8.78 Å². The molecular formula is C13H15BrF2N4. The van der Waals surface area contributed by atoms with Gasteiger partial charge in [-0.25, -0.2) is 8.78 Å². The molecule has 0 radical (unpaired) electrons. The molecule has 0 aliphatic heterocycles. The Balaban J connectivity index is 2.34. The van der Waals surface area contributed by atoms with E-state index in [0.717, 1.165) is 5.69 Å². The number of benzene rings is 1. The minimum Gasteiger partial charge on any atom is -0.273 e. The summed E-state index contributed by atoms with van der Waals surface area (Å²) in [7, 11) is 1.80. The van der Waals surface area contributed by atoms with Gasteiger partial charge in [0, 0.05) is 24.7 Å². The summed E-state index contributed by atoms with van der Waals surface area (Å²) >= 11 is 3.05. The Labute approximate surface area is 124 Å². The third-order valence-electron chi connectivity index (χ3n) is 3.24. The molecule has 1 aromatic carbocycles. The number of nitrogens with zero attached hydrogens (tertiary/aromatic N) is 2. The van der Waals surface area contributed by atoms with Gasteiger partial charge < -0.3 is 0 Å². The fourth-order valence-corrected chi connectivity index (χ4v) is 2.34. The Kier molecular flexibility index (Phi) is 4.52. The highest BCUT2D eigenvalue weighted by atomic mass is 79.9. The average Bonchev–Trinajstić information content (AvgIpc) is 2.74. The predicted molar refractivity (Wildman–Crippen MR) is 75.8 cm³/mol. The average molecular weight is 345 g/mol. The first kappa shape index (κ1) is 15.1. The Morgan fingerprint density at radius 1 is 1.45 bits per heavy atom. The highest BCUT2D eigenvalue weighted by Crippen LogP contribution is 2.26. The van der Waals surface area contributed by atoms with Crippen LogP contribution in [0.5, 0.6) is 0 Å². The molecule has 1 aromatic heterocycles. The molecule has 0 aliphatic rings. The van der Waals surface area contributed by atoms with Crippen LogP contribution < -0.4 is 11.3 Å². The van der Waals surface area contributed by atoms with Crippen molar-refractivity contribution in [1.29, 1.82) is 0 Å². The van der Waals surface area contributed by atoms with Crippen molar-refractivity contribution >= 4 is 15.9 Å². The minimum absolute atomic E-state index is 0.0226. The number of hydrazine groups is 1.